The predicted octanol–water partition coefficient (Wildman–Crippen LogP) is -0.935. The first-order valence-electron chi connectivity index (χ1n) is 5.93. The molecule has 9 heteroatoms. The summed E-state index contributed by atoms with van der Waals surface area (Å²) in [5.74, 6) is 0.743. The van der Waals surface area contributed by atoms with E-state index in [9.17, 15) is 0 Å². The summed E-state index contributed by atoms with van der Waals surface area (Å²) in [6.07, 6.45) is 2.67. The van der Waals surface area contributed by atoms with Crippen LogP contribution in [0.2, 0.25) is 0 Å². The molecule has 0 spiro atoms. The molecule has 0 saturated heterocycles. The van der Waals surface area contributed by atoms with E-state index < -0.39 is 0 Å². The molecule has 0 aliphatic heterocycles. The normalized spacial score (nSPS) is 11.3. The topological polar surface area (TPSA) is 152 Å². The zero-order chi connectivity index (χ0) is 14.0. The molecule has 0 fully saturated rings. The Morgan fingerprint density at radius 1 is 1.05 bits per heavy atom. The van der Waals surface area contributed by atoms with Gasteiger partial charge in [-0.1, -0.05) is 6.92 Å². The Morgan fingerprint density at radius 3 is 1.84 bits per heavy atom. The van der Waals surface area contributed by atoms with Crippen molar-refractivity contribution in [3.8, 4) is 0 Å². The van der Waals surface area contributed by atoms with Crippen LogP contribution in [0.5, 0.6) is 0 Å². The number of nitrogens with zero attached hydrogens (tertiary/aromatic N) is 4. The predicted molar refractivity (Wildman–Crippen MR) is 75.1 cm³/mol. The summed E-state index contributed by atoms with van der Waals surface area (Å²) >= 11 is 0. The van der Waals surface area contributed by atoms with Gasteiger partial charge >= 0.3 is 0 Å². The molecule has 0 atom stereocenters. The summed E-state index contributed by atoms with van der Waals surface area (Å²) in [5, 5.41) is 11.5. The average molecular weight is 265 g/mol. The SMILES string of the molecule is CCNCC(n1ncc(N)c1N)n1ncc(N)c1N. The minimum absolute atomic E-state index is 0.324. The van der Waals surface area contributed by atoms with Crippen LogP contribution in [0.3, 0.4) is 0 Å². The molecule has 19 heavy (non-hydrogen) atoms. The second kappa shape index (κ2) is 5.06. The molecule has 2 rings (SSSR count). The molecule has 0 amide bonds. The molecule has 0 bridgehead atoms. The Kier molecular flexibility index (Phi) is 3.47. The number of hydrogen-bond donors (Lipinski definition) is 5. The molecule has 9 N–H and O–H groups in total. The van der Waals surface area contributed by atoms with Gasteiger partial charge in [-0.25, -0.2) is 9.36 Å². The number of anilines is 4. The highest BCUT2D eigenvalue weighted by Gasteiger charge is 2.21. The van der Waals surface area contributed by atoms with Gasteiger partial charge < -0.3 is 28.3 Å². The first-order valence-corrected chi connectivity index (χ1v) is 5.93. The minimum Gasteiger partial charge on any atom is -0.394 e. The fourth-order valence-electron chi connectivity index (χ4n) is 1.79. The van der Waals surface area contributed by atoms with Gasteiger partial charge in [0.1, 0.15) is 11.6 Å². The van der Waals surface area contributed by atoms with Crippen molar-refractivity contribution in [3.05, 3.63) is 12.4 Å². The van der Waals surface area contributed by atoms with E-state index in [0.29, 0.717) is 29.6 Å². The van der Waals surface area contributed by atoms with E-state index >= 15 is 0 Å². The van der Waals surface area contributed by atoms with Crippen LogP contribution < -0.4 is 28.3 Å². The lowest BCUT2D eigenvalue weighted by molar-refractivity contribution is 0.353. The van der Waals surface area contributed by atoms with E-state index in [1.165, 1.54) is 12.4 Å². The zero-order valence-corrected chi connectivity index (χ0v) is 10.7. The molecule has 0 aromatic carbocycles. The number of nitrogens with two attached hydrogens (primary N) is 4. The maximum Gasteiger partial charge on any atom is 0.160 e. The van der Waals surface area contributed by atoms with Gasteiger partial charge in [0.05, 0.1) is 23.8 Å². The molecule has 0 aliphatic carbocycles. The van der Waals surface area contributed by atoms with Crippen LogP contribution in [-0.2, 0) is 0 Å². The van der Waals surface area contributed by atoms with E-state index in [1.807, 2.05) is 6.92 Å². The Hall–Kier alpha value is -2.42. The molecule has 9 nitrogen and oxygen atoms in total. The molecule has 0 unspecified atom stereocenters. The van der Waals surface area contributed by atoms with E-state index in [4.69, 9.17) is 22.9 Å². The van der Waals surface area contributed by atoms with Gasteiger partial charge in [-0.05, 0) is 6.54 Å². The Labute approximate surface area is 110 Å². The highest BCUT2D eigenvalue weighted by molar-refractivity contribution is 5.59. The van der Waals surface area contributed by atoms with Crippen molar-refractivity contribution in [3.63, 3.8) is 0 Å². The summed E-state index contributed by atoms with van der Waals surface area (Å²) < 4.78 is 3.14. The van der Waals surface area contributed by atoms with Gasteiger partial charge in [-0.15, -0.1) is 0 Å². The summed E-state index contributed by atoms with van der Waals surface area (Å²) in [5.41, 5.74) is 24.1. The minimum atomic E-state index is -0.324. The van der Waals surface area contributed by atoms with Gasteiger partial charge in [0, 0.05) is 6.54 Å². The van der Waals surface area contributed by atoms with Crippen LogP contribution in [-0.4, -0.2) is 32.7 Å². The molecule has 2 heterocycles. The number of hydrogen-bond acceptors (Lipinski definition) is 7. The van der Waals surface area contributed by atoms with Gasteiger partial charge in [0.15, 0.2) is 6.17 Å². The second-order valence-corrected chi connectivity index (χ2v) is 4.15. The number of nitrogens with one attached hydrogen (secondary N) is 1. The maximum atomic E-state index is 5.90. The van der Waals surface area contributed by atoms with Crippen molar-refractivity contribution in [1.29, 1.82) is 0 Å². The third-order valence-corrected chi connectivity index (χ3v) is 2.87. The van der Waals surface area contributed by atoms with E-state index in [-0.39, 0.29) is 6.17 Å². The Bertz CT molecular complexity index is 509. The van der Waals surface area contributed by atoms with Gasteiger partial charge in [0.2, 0.25) is 0 Å². The highest BCUT2D eigenvalue weighted by atomic mass is 15.5. The molecular formula is C10H19N9. The largest absolute Gasteiger partial charge is 0.394 e. The van der Waals surface area contributed by atoms with Crippen LogP contribution in [0.1, 0.15) is 13.1 Å². The lowest BCUT2D eigenvalue weighted by atomic mass is 10.4. The van der Waals surface area contributed by atoms with Crippen molar-refractivity contribution in [1.82, 2.24) is 24.9 Å². The summed E-state index contributed by atoms with van der Waals surface area (Å²) in [4.78, 5) is 0. The number of nitrogen functional groups attached to an aromatic ring is 4. The van der Waals surface area contributed by atoms with Crippen LogP contribution >= 0.6 is 0 Å². The van der Waals surface area contributed by atoms with Crippen molar-refractivity contribution in [2.45, 2.75) is 13.1 Å². The van der Waals surface area contributed by atoms with Crippen LogP contribution in [0, 0.1) is 0 Å². The van der Waals surface area contributed by atoms with Crippen molar-refractivity contribution < 1.29 is 0 Å². The summed E-state index contributed by atoms with van der Waals surface area (Å²) in [6.45, 7) is 3.34. The lowest BCUT2D eigenvalue weighted by Crippen LogP contribution is -2.33. The fraction of sp³-hybridized carbons (Fsp3) is 0.400. The number of rotatable bonds is 5. The van der Waals surface area contributed by atoms with Crippen molar-refractivity contribution in [2.24, 2.45) is 0 Å². The number of aromatic nitrogens is 4. The second-order valence-electron chi connectivity index (χ2n) is 4.15. The first kappa shape index (κ1) is 13.0. The average Bonchev–Trinajstić information content (AvgIpc) is 2.89. The summed E-state index contributed by atoms with van der Waals surface area (Å²) in [7, 11) is 0. The lowest BCUT2D eigenvalue weighted by Gasteiger charge is -2.21. The maximum absolute atomic E-state index is 5.90. The molecule has 104 valence electrons. The molecule has 0 aliphatic rings. The Balaban J connectivity index is 2.41. The smallest absolute Gasteiger partial charge is 0.160 e. The Morgan fingerprint density at radius 2 is 1.53 bits per heavy atom. The monoisotopic (exact) mass is 265 g/mol. The first-order chi connectivity index (χ1) is 9.06. The molecule has 2 aromatic heterocycles. The van der Waals surface area contributed by atoms with Crippen molar-refractivity contribution in [2.75, 3.05) is 36.0 Å². The standard InChI is InChI=1S/C10H19N9/c1-2-15-5-8(18-9(13)6(11)3-16-18)19-10(14)7(12)4-17-19/h3-4,8,15H,2,5,11-14H2,1H3. The molecule has 0 radical (unpaired) electrons. The van der Waals surface area contributed by atoms with Crippen LogP contribution in [0.15, 0.2) is 12.4 Å². The van der Waals surface area contributed by atoms with E-state index in [2.05, 4.69) is 15.5 Å². The van der Waals surface area contributed by atoms with E-state index in [1.54, 1.807) is 9.36 Å². The highest BCUT2D eigenvalue weighted by Crippen LogP contribution is 2.23. The van der Waals surface area contributed by atoms with E-state index in [0.717, 1.165) is 6.54 Å². The number of likely N-dealkylation sites (N-methyl/N-ethyl adjacent to an activating group) is 1. The summed E-state index contributed by atoms with van der Waals surface area (Å²) in [6, 6.07) is 0. The van der Waals surface area contributed by atoms with Gasteiger partial charge in [-0.3, -0.25) is 0 Å². The third-order valence-electron chi connectivity index (χ3n) is 2.87. The van der Waals surface area contributed by atoms with Crippen LogP contribution in [0.25, 0.3) is 0 Å². The zero-order valence-electron chi connectivity index (χ0n) is 10.7. The third kappa shape index (κ3) is 2.27. The quantitative estimate of drug-likeness (QED) is 0.468. The fourth-order valence-corrected chi connectivity index (χ4v) is 1.79. The molecule has 0 saturated carbocycles. The molecular weight excluding hydrogens is 246 g/mol. The van der Waals surface area contributed by atoms with Crippen LogP contribution in [0.4, 0.5) is 23.0 Å². The molecule has 2 aromatic rings. The van der Waals surface area contributed by atoms with Gasteiger partial charge in [0.25, 0.3) is 0 Å². The van der Waals surface area contributed by atoms with Crippen molar-refractivity contribution >= 4 is 23.0 Å². The van der Waals surface area contributed by atoms with Gasteiger partial charge in [-0.2, -0.15) is 10.2 Å².